The van der Waals surface area contributed by atoms with Crippen molar-refractivity contribution in [2.45, 2.75) is 6.42 Å². The van der Waals surface area contributed by atoms with Gasteiger partial charge in [0, 0.05) is 12.6 Å². The Morgan fingerprint density at radius 3 is 2.44 bits per heavy atom. The molecule has 2 nitrogen and oxygen atoms in total. The van der Waals surface area contributed by atoms with Gasteiger partial charge >= 0.3 is 0 Å². The van der Waals surface area contributed by atoms with Crippen LogP contribution in [0.5, 0.6) is 5.75 Å². The monoisotopic (exact) mass is 237 g/mol. The fourth-order valence-corrected chi connectivity index (χ4v) is 1.61. The van der Waals surface area contributed by atoms with E-state index < -0.39 is 0 Å². The first-order valence-corrected chi connectivity index (χ1v) is 5.81. The molecule has 1 N–H and O–H groups in total. The molecule has 0 amide bonds. The van der Waals surface area contributed by atoms with Gasteiger partial charge in [0.15, 0.2) is 0 Å². The summed E-state index contributed by atoms with van der Waals surface area (Å²) in [5.74, 6) is 0.204. The Bertz CT molecular complexity index is 556. The van der Waals surface area contributed by atoms with Gasteiger partial charge in [-0.3, -0.25) is 4.99 Å². The molecule has 0 spiro atoms. The van der Waals surface area contributed by atoms with Crippen molar-refractivity contribution in [3.63, 3.8) is 0 Å². The molecule has 0 bridgehead atoms. The van der Waals surface area contributed by atoms with Crippen LogP contribution in [0.2, 0.25) is 0 Å². The van der Waals surface area contributed by atoms with Crippen molar-refractivity contribution in [1.82, 2.24) is 0 Å². The van der Waals surface area contributed by atoms with Gasteiger partial charge in [0.2, 0.25) is 0 Å². The molecule has 2 heteroatoms. The Morgan fingerprint density at radius 2 is 1.78 bits per heavy atom. The van der Waals surface area contributed by atoms with Gasteiger partial charge in [-0.25, -0.2) is 0 Å². The third-order valence-electron chi connectivity index (χ3n) is 2.65. The number of aliphatic imine (C=N–C) groups is 1. The summed E-state index contributed by atoms with van der Waals surface area (Å²) >= 11 is 0. The normalized spacial score (nSPS) is 10.7. The van der Waals surface area contributed by atoms with Crippen molar-refractivity contribution in [3.8, 4) is 5.75 Å². The molecule has 2 rings (SSSR count). The van der Waals surface area contributed by atoms with Gasteiger partial charge in [-0.05, 0) is 23.3 Å². The summed E-state index contributed by atoms with van der Waals surface area (Å²) in [6, 6.07) is 15.2. The van der Waals surface area contributed by atoms with Crippen LogP contribution < -0.4 is 0 Å². The van der Waals surface area contributed by atoms with Gasteiger partial charge < -0.3 is 5.11 Å². The standard InChI is InChI=1S/C16H15NO/c1-2-13-7-9-14(10-8-13)11-12-17-15-5-3-4-6-16(15)18/h2-10,12,18H,1,11H2. The predicted octanol–water partition coefficient (Wildman–Crippen LogP) is 3.98. The Kier molecular flexibility index (Phi) is 3.92. The topological polar surface area (TPSA) is 32.6 Å². The van der Waals surface area contributed by atoms with Gasteiger partial charge in [-0.2, -0.15) is 0 Å². The highest BCUT2D eigenvalue weighted by molar-refractivity contribution is 5.68. The summed E-state index contributed by atoms with van der Waals surface area (Å²) in [5, 5.41) is 9.55. The van der Waals surface area contributed by atoms with Crippen LogP contribution in [0.3, 0.4) is 0 Å². The molecule has 0 aromatic heterocycles. The molecule has 0 unspecified atom stereocenters. The van der Waals surface area contributed by atoms with Crippen LogP contribution in [0.4, 0.5) is 5.69 Å². The molecule has 0 radical (unpaired) electrons. The SMILES string of the molecule is C=Cc1ccc(CC=Nc2ccccc2O)cc1. The number of benzene rings is 2. The van der Waals surface area contributed by atoms with Crippen LogP contribution in [0, 0.1) is 0 Å². The zero-order valence-corrected chi connectivity index (χ0v) is 10.1. The summed E-state index contributed by atoms with van der Waals surface area (Å²) in [6.45, 7) is 3.72. The largest absolute Gasteiger partial charge is 0.506 e. The lowest BCUT2D eigenvalue weighted by atomic mass is 10.1. The van der Waals surface area contributed by atoms with Crippen molar-refractivity contribution in [2.24, 2.45) is 4.99 Å². The lowest BCUT2D eigenvalue weighted by molar-refractivity contribution is 0.477. The van der Waals surface area contributed by atoms with Crippen molar-refractivity contribution >= 4 is 18.0 Å². The van der Waals surface area contributed by atoms with Gasteiger partial charge in [0.25, 0.3) is 0 Å². The molecule has 0 aliphatic heterocycles. The second-order valence-electron chi connectivity index (χ2n) is 3.95. The van der Waals surface area contributed by atoms with Crippen molar-refractivity contribution in [1.29, 1.82) is 0 Å². The molecular formula is C16H15NO. The molecule has 0 heterocycles. The van der Waals surface area contributed by atoms with E-state index >= 15 is 0 Å². The number of hydrogen-bond acceptors (Lipinski definition) is 2. The maximum atomic E-state index is 9.55. The first-order chi connectivity index (χ1) is 8.79. The molecule has 0 aliphatic carbocycles. The second kappa shape index (κ2) is 5.82. The van der Waals surface area contributed by atoms with Gasteiger partial charge in [-0.1, -0.05) is 49.1 Å². The summed E-state index contributed by atoms with van der Waals surface area (Å²) in [4.78, 5) is 4.25. The van der Waals surface area contributed by atoms with Crippen LogP contribution in [0.25, 0.3) is 6.08 Å². The molecule has 0 saturated heterocycles. The zero-order valence-electron chi connectivity index (χ0n) is 10.1. The van der Waals surface area contributed by atoms with E-state index in [4.69, 9.17) is 0 Å². The van der Waals surface area contributed by atoms with E-state index in [1.165, 1.54) is 5.56 Å². The lowest BCUT2D eigenvalue weighted by Crippen LogP contribution is -1.85. The quantitative estimate of drug-likeness (QED) is 0.801. The van der Waals surface area contributed by atoms with Crippen molar-refractivity contribution in [2.75, 3.05) is 0 Å². The molecule has 0 saturated carbocycles. The predicted molar refractivity (Wildman–Crippen MR) is 76.5 cm³/mol. The minimum absolute atomic E-state index is 0.204. The Balaban J connectivity index is 2.02. The average Bonchev–Trinajstić information content (AvgIpc) is 2.42. The third-order valence-corrected chi connectivity index (χ3v) is 2.65. The number of nitrogens with zero attached hydrogens (tertiary/aromatic N) is 1. The number of phenolic OH excluding ortho intramolecular Hbond substituents is 1. The van der Waals surface area contributed by atoms with E-state index in [2.05, 4.69) is 11.6 Å². The fourth-order valence-electron chi connectivity index (χ4n) is 1.61. The van der Waals surface area contributed by atoms with E-state index in [9.17, 15) is 5.11 Å². The summed E-state index contributed by atoms with van der Waals surface area (Å²) in [6.07, 6.45) is 4.36. The molecule has 18 heavy (non-hydrogen) atoms. The molecular weight excluding hydrogens is 222 g/mol. The maximum absolute atomic E-state index is 9.55. The number of para-hydroxylation sites is 2. The summed E-state index contributed by atoms with van der Waals surface area (Å²) in [7, 11) is 0. The highest BCUT2D eigenvalue weighted by Gasteiger charge is 1.95. The average molecular weight is 237 g/mol. The number of phenols is 1. The summed E-state index contributed by atoms with van der Waals surface area (Å²) in [5.41, 5.74) is 2.89. The van der Waals surface area contributed by atoms with Crippen LogP contribution in [-0.4, -0.2) is 11.3 Å². The molecule has 0 fully saturated rings. The number of aromatic hydroxyl groups is 1. The fraction of sp³-hybridized carbons (Fsp3) is 0.0625. The zero-order chi connectivity index (χ0) is 12.8. The Morgan fingerprint density at radius 1 is 1.06 bits per heavy atom. The molecule has 2 aromatic carbocycles. The summed E-state index contributed by atoms with van der Waals surface area (Å²) < 4.78 is 0. The number of hydrogen-bond donors (Lipinski definition) is 1. The Labute approximate surface area is 107 Å². The first-order valence-electron chi connectivity index (χ1n) is 5.81. The van der Waals surface area contributed by atoms with Crippen LogP contribution in [0.1, 0.15) is 11.1 Å². The van der Waals surface area contributed by atoms with Gasteiger partial charge in [0.05, 0.1) is 0 Å². The first kappa shape index (κ1) is 12.1. The van der Waals surface area contributed by atoms with Gasteiger partial charge in [-0.15, -0.1) is 0 Å². The minimum atomic E-state index is 0.204. The van der Waals surface area contributed by atoms with E-state index in [0.29, 0.717) is 5.69 Å². The van der Waals surface area contributed by atoms with Crippen molar-refractivity contribution < 1.29 is 5.11 Å². The maximum Gasteiger partial charge on any atom is 0.141 e. The molecule has 0 aliphatic rings. The smallest absolute Gasteiger partial charge is 0.141 e. The van der Waals surface area contributed by atoms with Gasteiger partial charge in [0.1, 0.15) is 11.4 Å². The van der Waals surface area contributed by atoms with E-state index in [1.807, 2.05) is 36.4 Å². The lowest BCUT2D eigenvalue weighted by Gasteiger charge is -1.99. The van der Waals surface area contributed by atoms with Crippen LogP contribution in [0.15, 0.2) is 60.1 Å². The highest BCUT2D eigenvalue weighted by Crippen LogP contribution is 2.24. The highest BCUT2D eigenvalue weighted by atomic mass is 16.3. The second-order valence-corrected chi connectivity index (χ2v) is 3.95. The van der Waals surface area contributed by atoms with E-state index in [0.717, 1.165) is 12.0 Å². The molecule has 90 valence electrons. The van der Waals surface area contributed by atoms with E-state index in [1.54, 1.807) is 24.4 Å². The minimum Gasteiger partial charge on any atom is -0.506 e. The Hall–Kier alpha value is -2.35. The third kappa shape index (κ3) is 3.08. The van der Waals surface area contributed by atoms with Crippen LogP contribution >= 0.6 is 0 Å². The molecule has 0 atom stereocenters. The van der Waals surface area contributed by atoms with Crippen molar-refractivity contribution in [3.05, 3.63) is 66.2 Å². The van der Waals surface area contributed by atoms with E-state index in [-0.39, 0.29) is 5.75 Å². The number of rotatable bonds is 4. The molecule has 2 aromatic rings. The van der Waals surface area contributed by atoms with Crippen LogP contribution in [-0.2, 0) is 6.42 Å².